The van der Waals surface area contributed by atoms with Crippen LogP contribution < -0.4 is 10.5 Å². The molecule has 0 bridgehead atoms. The Hall–Kier alpha value is -1.06. The van der Waals surface area contributed by atoms with E-state index in [1.165, 1.54) is 31.5 Å². The van der Waals surface area contributed by atoms with Crippen molar-refractivity contribution in [1.29, 1.82) is 0 Å². The second kappa shape index (κ2) is 6.59. The number of nitrogens with zero attached hydrogens (tertiary/aromatic N) is 1. The largest absolute Gasteiger partial charge is 0.497 e. The normalized spacial score (nSPS) is 18.2. The van der Waals surface area contributed by atoms with Gasteiger partial charge in [-0.15, -0.1) is 0 Å². The van der Waals surface area contributed by atoms with Crippen molar-refractivity contribution in [3.05, 3.63) is 29.8 Å². The second-order valence-corrected chi connectivity index (χ2v) is 5.76. The van der Waals surface area contributed by atoms with Crippen molar-refractivity contribution >= 4 is 0 Å². The Morgan fingerprint density at radius 2 is 1.90 bits per heavy atom. The lowest BCUT2D eigenvalue weighted by Gasteiger charge is -2.45. The van der Waals surface area contributed by atoms with Gasteiger partial charge in [-0.3, -0.25) is 4.90 Å². The van der Waals surface area contributed by atoms with Crippen molar-refractivity contribution in [1.82, 2.24) is 4.90 Å². The van der Waals surface area contributed by atoms with E-state index >= 15 is 0 Å². The molecule has 1 aromatic carbocycles. The maximum Gasteiger partial charge on any atom is 0.119 e. The summed E-state index contributed by atoms with van der Waals surface area (Å²) in [5.41, 5.74) is 7.95. The molecule has 1 atom stereocenters. The molecule has 0 amide bonds. The van der Waals surface area contributed by atoms with Gasteiger partial charge in [0, 0.05) is 11.6 Å². The van der Waals surface area contributed by atoms with Crippen LogP contribution in [0.15, 0.2) is 24.3 Å². The summed E-state index contributed by atoms with van der Waals surface area (Å²) in [4.78, 5) is 2.61. The highest BCUT2D eigenvalue weighted by molar-refractivity contribution is 5.32. The lowest BCUT2D eigenvalue weighted by Crippen LogP contribution is -2.53. The smallest absolute Gasteiger partial charge is 0.119 e. The summed E-state index contributed by atoms with van der Waals surface area (Å²) >= 11 is 0. The first-order valence-corrected chi connectivity index (χ1v) is 7.82. The molecule has 0 radical (unpaired) electrons. The predicted octanol–water partition coefficient (Wildman–Crippen LogP) is 3.35. The van der Waals surface area contributed by atoms with Crippen LogP contribution in [-0.2, 0) is 0 Å². The third-order valence-corrected chi connectivity index (χ3v) is 4.99. The van der Waals surface area contributed by atoms with Crippen molar-refractivity contribution in [2.75, 3.05) is 20.2 Å². The Kier molecular flexibility index (Phi) is 5.06. The summed E-state index contributed by atoms with van der Waals surface area (Å²) in [5, 5.41) is 0. The Morgan fingerprint density at radius 1 is 1.25 bits per heavy atom. The fourth-order valence-corrected chi connectivity index (χ4v) is 3.64. The zero-order valence-corrected chi connectivity index (χ0v) is 13.1. The lowest BCUT2D eigenvalue weighted by atomic mass is 9.79. The zero-order chi connectivity index (χ0) is 14.6. The van der Waals surface area contributed by atoms with Gasteiger partial charge in [0.25, 0.3) is 0 Å². The molecule has 0 saturated carbocycles. The highest BCUT2D eigenvalue weighted by atomic mass is 16.5. The van der Waals surface area contributed by atoms with Gasteiger partial charge < -0.3 is 10.5 Å². The fourth-order valence-electron chi connectivity index (χ4n) is 3.64. The number of ether oxygens (including phenoxy) is 1. The molecule has 1 aliphatic heterocycles. The minimum absolute atomic E-state index is 0.0331. The Bertz CT molecular complexity index is 423. The van der Waals surface area contributed by atoms with Crippen LogP contribution in [0, 0.1) is 0 Å². The van der Waals surface area contributed by atoms with E-state index in [1.807, 2.05) is 12.1 Å². The fraction of sp³-hybridized carbons (Fsp3) is 0.647. The lowest BCUT2D eigenvalue weighted by molar-refractivity contribution is 0.0766. The molecular formula is C17H28N2O. The number of benzene rings is 1. The number of methoxy groups -OCH3 is 1. The van der Waals surface area contributed by atoms with Crippen LogP contribution in [0.4, 0.5) is 0 Å². The van der Waals surface area contributed by atoms with E-state index in [0.29, 0.717) is 0 Å². The number of hydrogen-bond donors (Lipinski definition) is 1. The molecular weight excluding hydrogens is 248 g/mol. The first kappa shape index (κ1) is 15.3. The molecule has 2 N–H and O–H groups in total. The summed E-state index contributed by atoms with van der Waals surface area (Å²) in [6, 6.07) is 8.26. The second-order valence-electron chi connectivity index (χ2n) is 5.76. The van der Waals surface area contributed by atoms with Gasteiger partial charge in [0.1, 0.15) is 5.75 Å². The van der Waals surface area contributed by atoms with Crippen LogP contribution in [-0.4, -0.2) is 30.6 Å². The summed E-state index contributed by atoms with van der Waals surface area (Å²) < 4.78 is 5.34. The Morgan fingerprint density at radius 3 is 2.45 bits per heavy atom. The highest BCUT2D eigenvalue weighted by Crippen LogP contribution is 2.38. The van der Waals surface area contributed by atoms with E-state index in [9.17, 15) is 0 Å². The maximum absolute atomic E-state index is 6.70. The molecule has 1 aromatic rings. The standard InChI is InChI=1S/C17H28N2O/c1-4-17(5-2,19-11-6-7-12-19)16(18)14-9-8-10-15(13-14)20-3/h8-10,13,16H,4-7,11-12,18H2,1-3H3. The van der Waals surface area contributed by atoms with Gasteiger partial charge in [0.15, 0.2) is 0 Å². The minimum atomic E-state index is 0.0331. The van der Waals surface area contributed by atoms with Crippen molar-refractivity contribution in [2.45, 2.75) is 51.1 Å². The van der Waals surface area contributed by atoms with Gasteiger partial charge in [0.2, 0.25) is 0 Å². The van der Waals surface area contributed by atoms with Gasteiger partial charge in [-0.05, 0) is 56.5 Å². The Balaban J connectivity index is 2.32. The molecule has 3 nitrogen and oxygen atoms in total. The van der Waals surface area contributed by atoms with Gasteiger partial charge in [-0.1, -0.05) is 26.0 Å². The van der Waals surface area contributed by atoms with E-state index in [1.54, 1.807) is 7.11 Å². The number of rotatable bonds is 6. The summed E-state index contributed by atoms with van der Waals surface area (Å²) in [6.45, 7) is 6.89. The topological polar surface area (TPSA) is 38.5 Å². The van der Waals surface area contributed by atoms with Gasteiger partial charge in [0.05, 0.1) is 7.11 Å². The minimum Gasteiger partial charge on any atom is -0.497 e. The monoisotopic (exact) mass is 276 g/mol. The van der Waals surface area contributed by atoms with Gasteiger partial charge in [-0.25, -0.2) is 0 Å². The van der Waals surface area contributed by atoms with Crippen LogP contribution in [0.1, 0.15) is 51.1 Å². The molecule has 2 rings (SSSR count). The average Bonchev–Trinajstić information content (AvgIpc) is 3.04. The molecule has 1 aliphatic rings. The Labute approximate surface area is 123 Å². The molecule has 1 fully saturated rings. The molecule has 1 unspecified atom stereocenters. The van der Waals surface area contributed by atoms with E-state index < -0.39 is 0 Å². The van der Waals surface area contributed by atoms with Crippen LogP contribution >= 0.6 is 0 Å². The SMILES string of the molecule is CCC(CC)(C(N)c1cccc(OC)c1)N1CCCC1. The predicted molar refractivity (Wildman–Crippen MR) is 84.0 cm³/mol. The molecule has 3 heteroatoms. The number of likely N-dealkylation sites (tertiary alicyclic amines) is 1. The van der Waals surface area contributed by atoms with Crippen LogP contribution in [0.5, 0.6) is 5.75 Å². The summed E-state index contributed by atoms with van der Waals surface area (Å²) in [5.74, 6) is 0.889. The van der Waals surface area contributed by atoms with Gasteiger partial charge in [-0.2, -0.15) is 0 Å². The zero-order valence-electron chi connectivity index (χ0n) is 13.1. The number of nitrogens with two attached hydrogens (primary N) is 1. The maximum atomic E-state index is 6.70. The van der Waals surface area contributed by atoms with E-state index in [-0.39, 0.29) is 11.6 Å². The average molecular weight is 276 g/mol. The first-order valence-electron chi connectivity index (χ1n) is 7.82. The van der Waals surface area contributed by atoms with Crippen molar-refractivity contribution in [3.8, 4) is 5.75 Å². The molecule has 1 heterocycles. The first-order chi connectivity index (χ1) is 9.67. The van der Waals surface area contributed by atoms with E-state index in [4.69, 9.17) is 10.5 Å². The molecule has 0 spiro atoms. The van der Waals surface area contributed by atoms with Crippen molar-refractivity contribution in [3.63, 3.8) is 0 Å². The third-order valence-electron chi connectivity index (χ3n) is 4.99. The third kappa shape index (κ3) is 2.70. The van der Waals surface area contributed by atoms with Crippen molar-refractivity contribution < 1.29 is 4.74 Å². The van der Waals surface area contributed by atoms with E-state index in [2.05, 4.69) is 30.9 Å². The molecule has 20 heavy (non-hydrogen) atoms. The molecule has 0 aliphatic carbocycles. The van der Waals surface area contributed by atoms with Crippen LogP contribution in [0.25, 0.3) is 0 Å². The molecule has 0 aromatic heterocycles. The van der Waals surface area contributed by atoms with Crippen molar-refractivity contribution in [2.24, 2.45) is 5.73 Å². The molecule has 112 valence electrons. The highest BCUT2D eigenvalue weighted by Gasteiger charge is 2.41. The molecule has 1 saturated heterocycles. The van der Waals surface area contributed by atoms with Gasteiger partial charge >= 0.3 is 0 Å². The summed E-state index contributed by atoms with van der Waals surface area (Å²) in [6.07, 6.45) is 4.77. The van der Waals surface area contributed by atoms with E-state index in [0.717, 1.165) is 18.6 Å². The quantitative estimate of drug-likeness (QED) is 0.866. The number of hydrogen-bond acceptors (Lipinski definition) is 3. The summed E-state index contributed by atoms with van der Waals surface area (Å²) in [7, 11) is 1.71. The van der Waals surface area contributed by atoms with Crippen LogP contribution in [0.3, 0.4) is 0 Å². The van der Waals surface area contributed by atoms with Crippen LogP contribution in [0.2, 0.25) is 0 Å².